The number of rotatable bonds is 8. The second-order valence-electron chi connectivity index (χ2n) is 8.15. The van der Waals surface area contributed by atoms with Gasteiger partial charge in [-0.3, -0.25) is 14.5 Å². The van der Waals surface area contributed by atoms with Crippen LogP contribution in [0.2, 0.25) is 0 Å². The van der Waals surface area contributed by atoms with Gasteiger partial charge in [0, 0.05) is 26.7 Å². The summed E-state index contributed by atoms with van der Waals surface area (Å²) in [7, 11) is 1.68. The number of methoxy groups -OCH3 is 1. The maximum absolute atomic E-state index is 12.8. The maximum Gasteiger partial charge on any atom is 0.233 e. The van der Waals surface area contributed by atoms with E-state index in [4.69, 9.17) is 4.74 Å². The summed E-state index contributed by atoms with van der Waals surface area (Å²) in [5.41, 5.74) is 2.22. The minimum atomic E-state index is -0.133. The lowest BCUT2D eigenvalue weighted by Gasteiger charge is -2.18. The number of carbonyl (C=O) groups is 2. The average Bonchev–Trinajstić information content (AvgIpc) is 3.43. The topological polar surface area (TPSA) is 83.0 Å². The molecule has 31 heavy (non-hydrogen) atoms. The van der Waals surface area contributed by atoms with Crippen LogP contribution in [0, 0.1) is 23.7 Å². The number of ether oxygens (including phenoxy) is 1. The minimum Gasteiger partial charge on any atom is -0.380 e. The molecule has 0 radical (unpaired) electrons. The van der Waals surface area contributed by atoms with Gasteiger partial charge < -0.3 is 15.4 Å². The number of allylic oxidation sites excluding steroid dienone is 2. The highest BCUT2D eigenvalue weighted by Crippen LogP contribution is 2.52. The van der Waals surface area contributed by atoms with Gasteiger partial charge in [0.2, 0.25) is 11.8 Å². The number of hydrogen-bond acceptors (Lipinski definition) is 4. The van der Waals surface area contributed by atoms with Crippen LogP contribution < -0.4 is 10.6 Å². The van der Waals surface area contributed by atoms with Crippen molar-refractivity contribution in [2.45, 2.75) is 26.5 Å². The molecule has 4 rings (SSSR count). The Kier molecular flexibility index (Phi) is 8.10. The summed E-state index contributed by atoms with van der Waals surface area (Å²) in [4.78, 5) is 31.7. The lowest BCUT2D eigenvalue weighted by Crippen LogP contribution is -2.43. The number of likely N-dealkylation sites (tertiary alicyclic amines) is 1. The molecule has 1 aromatic rings. The van der Waals surface area contributed by atoms with E-state index in [1.54, 1.807) is 7.11 Å². The van der Waals surface area contributed by atoms with Crippen molar-refractivity contribution < 1.29 is 14.3 Å². The van der Waals surface area contributed by atoms with Crippen molar-refractivity contribution in [2.75, 3.05) is 26.7 Å². The summed E-state index contributed by atoms with van der Waals surface area (Å²) in [6, 6.07) is 8.07. The van der Waals surface area contributed by atoms with Gasteiger partial charge in [0.25, 0.3) is 0 Å². The van der Waals surface area contributed by atoms with Crippen molar-refractivity contribution in [3.8, 4) is 0 Å². The Hall–Kier alpha value is -1.94. The van der Waals surface area contributed by atoms with Crippen molar-refractivity contribution >= 4 is 41.8 Å². The zero-order chi connectivity index (χ0) is 21.1. The lowest BCUT2D eigenvalue weighted by molar-refractivity contribution is -0.140. The van der Waals surface area contributed by atoms with Crippen LogP contribution in [-0.4, -0.2) is 49.4 Å². The van der Waals surface area contributed by atoms with Gasteiger partial charge in [0.05, 0.1) is 25.0 Å². The van der Waals surface area contributed by atoms with Gasteiger partial charge in [-0.1, -0.05) is 36.4 Å². The number of nitrogens with one attached hydrogen (secondary N) is 2. The van der Waals surface area contributed by atoms with Crippen molar-refractivity contribution in [2.24, 2.45) is 28.7 Å². The first-order chi connectivity index (χ1) is 14.6. The molecule has 1 aromatic carbocycles. The monoisotopic (exact) mass is 538 g/mol. The molecule has 3 aliphatic rings. The lowest BCUT2D eigenvalue weighted by atomic mass is 9.85. The van der Waals surface area contributed by atoms with Crippen LogP contribution in [0.5, 0.6) is 0 Å². The first kappa shape index (κ1) is 23.7. The highest BCUT2D eigenvalue weighted by atomic mass is 127. The third kappa shape index (κ3) is 4.79. The van der Waals surface area contributed by atoms with E-state index in [0.717, 1.165) is 24.1 Å². The van der Waals surface area contributed by atoms with Gasteiger partial charge in [-0.25, -0.2) is 4.99 Å². The fraction of sp³-hybridized carbons (Fsp3) is 0.522. The van der Waals surface area contributed by atoms with Crippen molar-refractivity contribution in [3.05, 3.63) is 47.5 Å². The summed E-state index contributed by atoms with van der Waals surface area (Å²) in [5.74, 6) is 0.906. The summed E-state index contributed by atoms with van der Waals surface area (Å²) >= 11 is 0. The summed E-state index contributed by atoms with van der Waals surface area (Å²) in [6.07, 6.45) is 5.20. The Morgan fingerprint density at radius 1 is 1.10 bits per heavy atom. The zero-order valence-corrected chi connectivity index (χ0v) is 20.4. The Morgan fingerprint density at radius 2 is 1.74 bits per heavy atom. The first-order valence-corrected chi connectivity index (χ1v) is 10.8. The van der Waals surface area contributed by atoms with E-state index in [1.807, 2.05) is 31.2 Å². The molecule has 1 aliphatic heterocycles. The summed E-state index contributed by atoms with van der Waals surface area (Å²) < 4.78 is 5.26. The van der Waals surface area contributed by atoms with E-state index >= 15 is 0 Å². The number of fused-ring (bicyclic) bond motifs is 5. The van der Waals surface area contributed by atoms with Crippen LogP contribution >= 0.6 is 24.0 Å². The smallest absolute Gasteiger partial charge is 0.233 e. The largest absolute Gasteiger partial charge is 0.380 e. The highest BCUT2D eigenvalue weighted by Gasteiger charge is 2.58. The molecule has 2 bridgehead atoms. The second kappa shape index (κ2) is 10.6. The fourth-order valence-electron chi connectivity index (χ4n) is 4.98. The Bertz CT molecular complexity index is 842. The van der Waals surface area contributed by atoms with Crippen molar-refractivity contribution in [1.29, 1.82) is 0 Å². The average molecular weight is 538 g/mol. The third-order valence-corrected chi connectivity index (χ3v) is 6.36. The molecule has 168 valence electrons. The molecule has 1 saturated heterocycles. The SMILES string of the molecule is CCNC(=NCc1ccccc1COC)NCCN1C(=O)C2C3C=CC(C3)C2C1=O.I. The van der Waals surface area contributed by atoms with Crippen LogP contribution in [0.3, 0.4) is 0 Å². The van der Waals surface area contributed by atoms with E-state index in [2.05, 4.69) is 27.8 Å². The number of halogens is 1. The molecule has 1 saturated carbocycles. The van der Waals surface area contributed by atoms with Crippen molar-refractivity contribution in [1.82, 2.24) is 15.5 Å². The van der Waals surface area contributed by atoms with Crippen LogP contribution in [0.1, 0.15) is 24.5 Å². The van der Waals surface area contributed by atoms with E-state index in [9.17, 15) is 9.59 Å². The van der Waals surface area contributed by atoms with Gasteiger partial charge in [0.1, 0.15) is 0 Å². The highest BCUT2D eigenvalue weighted by molar-refractivity contribution is 14.0. The maximum atomic E-state index is 12.8. The number of nitrogens with zero attached hydrogens (tertiary/aromatic N) is 2. The number of carbonyl (C=O) groups excluding carboxylic acids is 2. The molecular weight excluding hydrogens is 507 g/mol. The minimum absolute atomic E-state index is 0. The molecule has 0 aromatic heterocycles. The number of aliphatic imine (C=N–C) groups is 1. The first-order valence-electron chi connectivity index (χ1n) is 10.8. The van der Waals surface area contributed by atoms with Crippen LogP contribution in [0.4, 0.5) is 0 Å². The van der Waals surface area contributed by atoms with E-state index < -0.39 is 0 Å². The Labute approximate surface area is 200 Å². The van der Waals surface area contributed by atoms with Gasteiger partial charge in [-0.05, 0) is 36.3 Å². The van der Waals surface area contributed by atoms with Crippen LogP contribution in [-0.2, 0) is 27.5 Å². The van der Waals surface area contributed by atoms with E-state index in [0.29, 0.717) is 32.2 Å². The van der Waals surface area contributed by atoms with Gasteiger partial charge in [0.15, 0.2) is 5.96 Å². The standard InChI is InChI=1S/C23H30N4O3.HI/c1-3-24-23(26-13-17-6-4-5-7-18(17)14-30-2)25-10-11-27-21(28)19-15-8-9-16(12-15)20(19)22(27)29;/h4-9,15-16,19-20H,3,10-14H2,1-2H3,(H2,24,25,26);1H. The number of hydrogen-bond donors (Lipinski definition) is 2. The van der Waals surface area contributed by atoms with Crippen molar-refractivity contribution in [3.63, 3.8) is 0 Å². The molecule has 2 amide bonds. The molecule has 7 nitrogen and oxygen atoms in total. The normalized spacial score (nSPS) is 26.3. The third-order valence-electron chi connectivity index (χ3n) is 6.36. The molecular formula is C23H31IN4O3. The molecule has 4 atom stereocenters. The molecule has 4 unspecified atom stereocenters. The predicted molar refractivity (Wildman–Crippen MR) is 130 cm³/mol. The number of imide groups is 1. The van der Waals surface area contributed by atoms with Gasteiger partial charge in [-0.2, -0.15) is 0 Å². The van der Waals surface area contributed by atoms with Gasteiger partial charge >= 0.3 is 0 Å². The quantitative estimate of drug-likeness (QED) is 0.175. The zero-order valence-electron chi connectivity index (χ0n) is 18.0. The van der Waals surface area contributed by atoms with Gasteiger partial charge in [-0.15, -0.1) is 24.0 Å². The molecule has 8 heteroatoms. The Balaban J connectivity index is 0.00000272. The molecule has 1 heterocycles. The number of benzene rings is 1. The van der Waals surface area contributed by atoms with Crippen LogP contribution in [0.25, 0.3) is 0 Å². The molecule has 2 aliphatic carbocycles. The van der Waals surface area contributed by atoms with E-state index in [1.165, 1.54) is 4.90 Å². The molecule has 0 spiro atoms. The predicted octanol–water partition coefficient (Wildman–Crippen LogP) is 2.31. The van der Waals surface area contributed by atoms with Crippen LogP contribution in [0.15, 0.2) is 41.4 Å². The summed E-state index contributed by atoms with van der Waals surface area (Å²) in [6.45, 7) is 4.66. The second-order valence-corrected chi connectivity index (χ2v) is 8.15. The fourth-order valence-corrected chi connectivity index (χ4v) is 4.98. The van der Waals surface area contributed by atoms with E-state index in [-0.39, 0.29) is 59.5 Å². The number of guanidine groups is 1. The number of amides is 2. The Morgan fingerprint density at radius 3 is 2.35 bits per heavy atom. The summed E-state index contributed by atoms with van der Waals surface area (Å²) in [5, 5.41) is 6.49. The molecule has 2 fully saturated rings. The molecule has 2 N–H and O–H groups in total.